The lowest BCUT2D eigenvalue weighted by Gasteiger charge is -2.14. The van der Waals surface area contributed by atoms with Crippen LogP contribution in [0, 0.1) is 0 Å². The predicted molar refractivity (Wildman–Crippen MR) is 136 cm³/mol. The number of carbonyl (C=O) groups excluding carboxylic acids is 3. The van der Waals surface area contributed by atoms with Crippen LogP contribution in [0.25, 0.3) is 6.08 Å². The molecule has 1 aliphatic heterocycles. The molecule has 0 aliphatic carbocycles. The molecule has 34 heavy (non-hydrogen) atoms. The summed E-state index contributed by atoms with van der Waals surface area (Å²) in [6, 6.07) is 15.9. The second-order valence-electron chi connectivity index (χ2n) is 7.02. The zero-order chi connectivity index (χ0) is 24.4. The fraction of sp³-hybridized carbons (Fsp3) is 0.0417. The standard InChI is InChI=1S/C24H13Cl4NO4S/c25-14-8-9-20(33-23(31)15-4-1-2-5-17(15)26)13(10-14)11-21-22(30)29(24(32)34-21)12-16-18(27)6-3-7-19(16)28/h1-11H,12H2/b21-11-. The number of esters is 1. The van der Waals surface area contributed by atoms with Crippen LogP contribution in [0.4, 0.5) is 4.79 Å². The Bertz CT molecular complexity index is 1340. The molecule has 4 rings (SSSR count). The molecule has 172 valence electrons. The first kappa shape index (κ1) is 24.6. The first-order chi connectivity index (χ1) is 16.2. The minimum absolute atomic E-state index is 0.0790. The Hall–Kier alpha value is -2.48. The molecule has 0 N–H and O–H groups in total. The number of rotatable bonds is 5. The van der Waals surface area contributed by atoms with Crippen molar-refractivity contribution in [1.29, 1.82) is 0 Å². The highest BCUT2D eigenvalue weighted by atomic mass is 35.5. The van der Waals surface area contributed by atoms with E-state index in [1.54, 1.807) is 42.5 Å². The maximum absolute atomic E-state index is 13.0. The van der Waals surface area contributed by atoms with Gasteiger partial charge in [-0.25, -0.2) is 4.79 Å². The Morgan fingerprint density at radius 2 is 1.59 bits per heavy atom. The van der Waals surface area contributed by atoms with Gasteiger partial charge in [0.25, 0.3) is 11.1 Å². The van der Waals surface area contributed by atoms with E-state index in [1.807, 2.05) is 0 Å². The molecular formula is C24H13Cl4NO4S. The Kier molecular flexibility index (Phi) is 7.55. The van der Waals surface area contributed by atoms with Gasteiger partial charge < -0.3 is 4.74 Å². The molecule has 3 aromatic rings. The summed E-state index contributed by atoms with van der Waals surface area (Å²) < 4.78 is 5.51. The third kappa shape index (κ3) is 5.27. The van der Waals surface area contributed by atoms with E-state index in [0.717, 1.165) is 16.7 Å². The van der Waals surface area contributed by atoms with Crippen LogP contribution in [0.1, 0.15) is 21.5 Å². The van der Waals surface area contributed by atoms with Gasteiger partial charge in [0.1, 0.15) is 5.75 Å². The summed E-state index contributed by atoms with van der Waals surface area (Å²) in [5.41, 5.74) is 0.989. The Balaban J connectivity index is 1.62. The number of nitrogens with zero attached hydrogens (tertiary/aromatic N) is 1. The normalized spacial score (nSPS) is 14.7. The van der Waals surface area contributed by atoms with Gasteiger partial charge in [-0.3, -0.25) is 14.5 Å². The zero-order valence-electron chi connectivity index (χ0n) is 17.1. The van der Waals surface area contributed by atoms with Crippen LogP contribution < -0.4 is 4.74 Å². The summed E-state index contributed by atoms with van der Waals surface area (Å²) in [7, 11) is 0. The summed E-state index contributed by atoms with van der Waals surface area (Å²) in [4.78, 5) is 39.4. The number of hydrogen-bond acceptors (Lipinski definition) is 5. The third-order valence-corrected chi connectivity index (χ3v) is 6.99. The van der Waals surface area contributed by atoms with Gasteiger partial charge in [0, 0.05) is 26.2 Å². The van der Waals surface area contributed by atoms with Gasteiger partial charge in [0.2, 0.25) is 0 Å². The monoisotopic (exact) mass is 551 g/mol. The van der Waals surface area contributed by atoms with Crippen molar-refractivity contribution in [2.24, 2.45) is 0 Å². The lowest BCUT2D eigenvalue weighted by Crippen LogP contribution is -2.27. The van der Waals surface area contributed by atoms with E-state index in [4.69, 9.17) is 51.1 Å². The van der Waals surface area contributed by atoms with Crippen LogP contribution in [-0.4, -0.2) is 22.0 Å². The fourth-order valence-corrected chi connectivity index (χ4v) is 4.87. The molecular weight excluding hydrogens is 540 g/mol. The maximum atomic E-state index is 13.0. The Labute approximate surface area is 219 Å². The first-order valence-corrected chi connectivity index (χ1v) is 12.0. The van der Waals surface area contributed by atoms with Crippen molar-refractivity contribution in [1.82, 2.24) is 4.90 Å². The van der Waals surface area contributed by atoms with E-state index in [9.17, 15) is 14.4 Å². The van der Waals surface area contributed by atoms with Gasteiger partial charge in [-0.15, -0.1) is 0 Å². The minimum atomic E-state index is -0.677. The summed E-state index contributed by atoms with van der Waals surface area (Å²) >= 11 is 25.3. The molecule has 1 heterocycles. The van der Waals surface area contributed by atoms with Crippen LogP contribution in [0.3, 0.4) is 0 Å². The van der Waals surface area contributed by atoms with Gasteiger partial charge in [-0.1, -0.05) is 64.6 Å². The van der Waals surface area contributed by atoms with Crippen molar-refractivity contribution < 1.29 is 19.1 Å². The average molecular weight is 553 g/mol. The molecule has 1 aliphatic rings. The lowest BCUT2D eigenvalue weighted by atomic mass is 10.1. The second kappa shape index (κ2) is 10.4. The van der Waals surface area contributed by atoms with Gasteiger partial charge >= 0.3 is 5.97 Å². The fourth-order valence-electron chi connectivity index (χ4n) is 3.13. The molecule has 0 aromatic heterocycles. The number of benzene rings is 3. The predicted octanol–water partition coefficient (Wildman–Crippen LogP) is 7.76. The number of halogens is 4. The van der Waals surface area contributed by atoms with Crippen molar-refractivity contribution in [2.45, 2.75) is 6.54 Å². The van der Waals surface area contributed by atoms with E-state index >= 15 is 0 Å². The van der Waals surface area contributed by atoms with Gasteiger partial charge in [-0.05, 0) is 60.3 Å². The Morgan fingerprint density at radius 1 is 0.912 bits per heavy atom. The highest BCUT2D eigenvalue weighted by Crippen LogP contribution is 2.37. The smallest absolute Gasteiger partial charge is 0.345 e. The second-order valence-corrected chi connectivity index (χ2v) is 9.67. The number of hydrogen-bond donors (Lipinski definition) is 0. The third-order valence-electron chi connectivity index (χ3n) is 4.81. The summed E-state index contributed by atoms with van der Waals surface area (Å²) in [6.07, 6.45) is 1.44. The van der Waals surface area contributed by atoms with Crippen molar-refractivity contribution in [3.05, 3.63) is 102 Å². The molecule has 0 spiro atoms. The quantitative estimate of drug-likeness (QED) is 0.184. The molecule has 1 saturated heterocycles. The SMILES string of the molecule is O=C(Oc1ccc(Cl)cc1/C=C1\SC(=O)N(Cc2c(Cl)cccc2Cl)C1=O)c1ccccc1Cl. The van der Waals surface area contributed by atoms with Crippen LogP contribution in [0.2, 0.25) is 20.1 Å². The number of ether oxygens (including phenoxy) is 1. The van der Waals surface area contributed by atoms with E-state index in [0.29, 0.717) is 26.2 Å². The average Bonchev–Trinajstić information content (AvgIpc) is 3.05. The van der Waals surface area contributed by atoms with Crippen molar-refractivity contribution in [2.75, 3.05) is 0 Å². The Morgan fingerprint density at radius 3 is 2.29 bits per heavy atom. The minimum Gasteiger partial charge on any atom is -0.422 e. The van der Waals surface area contributed by atoms with Gasteiger partial charge in [0.15, 0.2) is 0 Å². The number of amides is 2. The zero-order valence-corrected chi connectivity index (χ0v) is 20.9. The van der Waals surface area contributed by atoms with E-state index in [2.05, 4.69) is 0 Å². The number of thioether (sulfide) groups is 1. The molecule has 0 saturated carbocycles. The molecule has 5 nitrogen and oxygen atoms in total. The first-order valence-electron chi connectivity index (χ1n) is 9.69. The molecule has 0 unspecified atom stereocenters. The summed E-state index contributed by atoms with van der Waals surface area (Å²) in [5.74, 6) is -1.06. The summed E-state index contributed by atoms with van der Waals surface area (Å²) in [6.45, 7) is -0.0790. The molecule has 0 radical (unpaired) electrons. The van der Waals surface area contributed by atoms with Crippen LogP contribution in [0.15, 0.2) is 65.6 Å². The van der Waals surface area contributed by atoms with Crippen LogP contribution in [0.5, 0.6) is 5.75 Å². The van der Waals surface area contributed by atoms with Crippen molar-refractivity contribution in [3.8, 4) is 5.75 Å². The molecule has 1 fully saturated rings. The molecule has 2 amide bonds. The van der Waals surface area contributed by atoms with Crippen molar-refractivity contribution in [3.63, 3.8) is 0 Å². The maximum Gasteiger partial charge on any atom is 0.345 e. The largest absolute Gasteiger partial charge is 0.422 e. The molecule has 3 aromatic carbocycles. The van der Waals surface area contributed by atoms with Crippen molar-refractivity contribution >= 4 is 81.4 Å². The van der Waals surface area contributed by atoms with Gasteiger partial charge in [0.05, 0.1) is 22.0 Å². The topological polar surface area (TPSA) is 63.7 Å². The van der Waals surface area contributed by atoms with Crippen LogP contribution >= 0.6 is 58.2 Å². The molecule has 0 bridgehead atoms. The number of imide groups is 1. The lowest BCUT2D eigenvalue weighted by molar-refractivity contribution is -0.123. The van der Waals surface area contributed by atoms with E-state index in [-0.39, 0.29) is 27.8 Å². The van der Waals surface area contributed by atoms with E-state index in [1.165, 1.54) is 24.3 Å². The number of carbonyl (C=O) groups is 3. The molecule has 0 atom stereocenters. The van der Waals surface area contributed by atoms with Gasteiger partial charge in [-0.2, -0.15) is 0 Å². The summed E-state index contributed by atoms with van der Waals surface area (Å²) in [5, 5.41) is 0.801. The molecule has 10 heteroatoms. The van der Waals surface area contributed by atoms with Crippen LogP contribution in [-0.2, 0) is 11.3 Å². The highest BCUT2D eigenvalue weighted by Gasteiger charge is 2.36. The highest BCUT2D eigenvalue weighted by molar-refractivity contribution is 8.18. The van der Waals surface area contributed by atoms with E-state index < -0.39 is 17.1 Å².